The van der Waals surface area contributed by atoms with Gasteiger partial charge in [0.25, 0.3) is 5.56 Å². The number of carbonyl (C=O) groups excluding carboxylic acids is 3. The van der Waals surface area contributed by atoms with Gasteiger partial charge in [-0.3, -0.25) is 9.59 Å². The van der Waals surface area contributed by atoms with Crippen molar-refractivity contribution in [2.45, 2.75) is 29.2 Å². The van der Waals surface area contributed by atoms with Crippen molar-refractivity contribution >= 4 is 70.6 Å². The van der Waals surface area contributed by atoms with E-state index >= 15 is 0 Å². The first-order valence-corrected chi connectivity index (χ1v) is 19.1. The molecule has 0 bridgehead atoms. The van der Waals surface area contributed by atoms with Crippen molar-refractivity contribution in [3.05, 3.63) is 118 Å². The van der Waals surface area contributed by atoms with Gasteiger partial charge in [-0.1, -0.05) is 60.3 Å². The van der Waals surface area contributed by atoms with E-state index in [1.165, 1.54) is 24.3 Å². The van der Waals surface area contributed by atoms with E-state index < -0.39 is 82.0 Å². The minimum atomic E-state index is -5.35. The molecule has 56 heavy (non-hydrogen) atoms. The van der Waals surface area contributed by atoms with E-state index in [0.717, 1.165) is 12.1 Å². The Morgan fingerprint density at radius 1 is 0.857 bits per heavy atom. The van der Waals surface area contributed by atoms with Crippen LogP contribution in [0.3, 0.4) is 0 Å². The molecule has 6 rings (SSSR count). The van der Waals surface area contributed by atoms with E-state index in [9.17, 15) is 45.7 Å². The Labute approximate surface area is 387 Å². The van der Waals surface area contributed by atoms with E-state index in [4.69, 9.17) is 17.4 Å². The van der Waals surface area contributed by atoms with Crippen LogP contribution in [-0.2, 0) is 46.7 Å². The van der Waals surface area contributed by atoms with Gasteiger partial charge in [0.2, 0.25) is 0 Å². The molecule has 0 saturated heterocycles. The summed E-state index contributed by atoms with van der Waals surface area (Å²) in [5.41, 5.74) is -2.01. The van der Waals surface area contributed by atoms with Crippen LogP contribution in [0.2, 0.25) is 0 Å². The van der Waals surface area contributed by atoms with Gasteiger partial charge in [-0.05, 0) is 34.9 Å². The summed E-state index contributed by atoms with van der Waals surface area (Å²) in [5, 5.41) is 13.3. The Hall–Kier alpha value is -3.02. The van der Waals surface area contributed by atoms with Crippen molar-refractivity contribution in [3.63, 3.8) is 0 Å². The summed E-state index contributed by atoms with van der Waals surface area (Å²) in [4.78, 5) is 53.1. The molecule has 1 aromatic heterocycles. The number of esters is 1. The quantitative estimate of drug-likeness (QED) is 0.0531. The molecule has 5 aromatic rings. The maximum atomic E-state index is 14.1. The number of pyridine rings is 1. The van der Waals surface area contributed by atoms with Crippen molar-refractivity contribution in [2.24, 2.45) is 0 Å². The van der Waals surface area contributed by atoms with Gasteiger partial charge in [0, 0.05) is 28.2 Å². The number of anilines is 2. The van der Waals surface area contributed by atoms with Gasteiger partial charge in [0.05, 0.1) is 21.7 Å². The number of sulfone groups is 1. The number of fused-ring (bicyclic) bond motifs is 2. The van der Waals surface area contributed by atoms with E-state index in [1.54, 1.807) is 42.5 Å². The molecule has 22 heteroatoms. The molecule has 2 N–H and O–H groups in total. The van der Waals surface area contributed by atoms with E-state index in [1.807, 2.05) is 0 Å². The van der Waals surface area contributed by atoms with Crippen LogP contribution in [0.1, 0.15) is 44.7 Å². The van der Waals surface area contributed by atoms with Crippen molar-refractivity contribution in [2.75, 3.05) is 11.1 Å². The zero-order valence-electron chi connectivity index (χ0n) is 29.8. The molecule has 0 saturated carbocycles. The number of carbonyl (C=O) groups is 3. The number of aromatic nitrogens is 1. The van der Waals surface area contributed by atoms with Crippen molar-refractivity contribution < 1.29 is 147 Å². The van der Waals surface area contributed by atoms with E-state index in [-0.39, 0.29) is 146 Å². The maximum Gasteiger partial charge on any atom is 1.00 e. The molecule has 4 aromatic carbocycles. The molecule has 0 amide bonds. The Balaban J connectivity index is 0.00000148. The van der Waals surface area contributed by atoms with Crippen LogP contribution in [0.25, 0.3) is 22.0 Å². The molecule has 1 aliphatic rings. The standard InChI is InChI=1S/C34H25N2O11S2.3Na.O3S/c37-26(38)14-7-15-48(42,43)21-11-6-10-20(16-21)35-24-17-25(49(44,45)46)31-29-27(22-12-4-5-13-23(22)32(39)28(24)29)30(33(40)36-31)34(41)47-18-19-8-2-1-3-9-19;;;;1-4(2)3/h1-6,8-9,11-13,16-17,35H,7,14-15,18H2,(H,36,40)(H,37,38)(H,44,45,46);;;;/q-1;3*+1;/p-2. The fraction of sp³-hybridized carbons (Fsp3) is 0.118. The molecule has 16 nitrogen and oxygen atoms in total. The van der Waals surface area contributed by atoms with E-state index in [2.05, 4.69) is 16.4 Å². The van der Waals surface area contributed by atoms with Crippen LogP contribution in [0.15, 0.2) is 93.4 Å². The zero-order valence-corrected chi connectivity index (χ0v) is 38.2. The Bertz CT molecular complexity index is 2720. The molecule has 0 fully saturated rings. The second-order valence-electron chi connectivity index (χ2n) is 11.2. The van der Waals surface area contributed by atoms with Gasteiger partial charge < -0.3 is 29.5 Å². The van der Waals surface area contributed by atoms with Gasteiger partial charge in [0.15, 0.2) is 15.6 Å². The second-order valence-corrected chi connectivity index (χ2v) is 15.1. The summed E-state index contributed by atoms with van der Waals surface area (Å²) in [6.07, 6.45) is -0.692. The van der Waals surface area contributed by atoms with E-state index in [0.29, 0.717) is 5.56 Å². The number of ether oxygens (including phenoxy) is 1. The van der Waals surface area contributed by atoms with Crippen molar-refractivity contribution in [1.82, 2.24) is 4.98 Å². The number of aromatic amines is 1. The monoisotopic (exact) mass is 848 g/mol. The Morgan fingerprint density at radius 3 is 2.07 bits per heavy atom. The number of hydrogen-bond donors (Lipinski definition) is 2. The van der Waals surface area contributed by atoms with Gasteiger partial charge in [-0.2, -0.15) is 18.2 Å². The number of hydrogen-bond acceptors (Lipinski definition) is 15. The predicted molar refractivity (Wildman–Crippen MR) is 182 cm³/mol. The number of ketones is 1. The molecule has 1 aliphatic carbocycles. The second kappa shape index (κ2) is 20.6. The summed E-state index contributed by atoms with van der Waals surface area (Å²) in [5.74, 6) is -3.66. The number of H-pyrrole nitrogens is 1. The number of carboxylic acids is 1. The smallest absolute Gasteiger partial charge is 0.744 e. The van der Waals surface area contributed by atoms with Crippen LogP contribution < -0.4 is 105 Å². The summed E-state index contributed by atoms with van der Waals surface area (Å²) in [6, 6.07) is 21.8. The fourth-order valence-electron chi connectivity index (χ4n) is 5.65. The summed E-state index contributed by atoms with van der Waals surface area (Å²) in [7, 11) is -12.5. The molecule has 274 valence electrons. The summed E-state index contributed by atoms with van der Waals surface area (Å²) < 4.78 is 94.5. The topological polar surface area (TPSA) is 271 Å². The maximum absolute atomic E-state index is 14.1. The van der Waals surface area contributed by atoms with Crippen LogP contribution in [0.5, 0.6) is 0 Å². The Kier molecular flexibility index (Phi) is 18.1. The molecular formula is C34H23N2Na3O14S3. The minimum Gasteiger partial charge on any atom is -0.744 e. The largest absolute Gasteiger partial charge is 1.00 e. The van der Waals surface area contributed by atoms with Crippen LogP contribution >= 0.6 is 0 Å². The SMILES string of the molecule is O=C([O-])CCCS(=O)(=O)c1cc[c-]c(Nc2cc(S(=O)(=O)[O-])c3[nH]c(=O)c(C(=O)OCc4ccccc4)c4c3c2C(=O)c2ccccc2-4)c1.O=S(=O)=O.[Na+].[Na+].[Na+]. The average molecular weight is 849 g/mol. The molecule has 0 spiro atoms. The first-order chi connectivity index (χ1) is 25.0. The van der Waals surface area contributed by atoms with Crippen molar-refractivity contribution in [3.8, 4) is 11.1 Å². The molecule has 0 unspecified atom stereocenters. The zero-order chi connectivity index (χ0) is 38.7. The molecule has 0 atom stereocenters. The fourth-order valence-corrected chi connectivity index (χ4v) is 7.65. The third kappa shape index (κ3) is 11.3. The van der Waals surface area contributed by atoms with Crippen LogP contribution in [0, 0.1) is 6.07 Å². The number of rotatable bonds is 11. The average Bonchev–Trinajstić information content (AvgIpc) is 3.09. The first kappa shape index (κ1) is 49.1. The number of carboxylic acid groups (broad SMARTS) is 1. The molecule has 0 aliphatic heterocycles. The third-order valence-corrected chi connectivity index (χ3v) is 10.5. The molecular weight excluding hydrogens is 826 g/mol. The van der Waals surface area contributed by atoms with Gasteiger partial charge in [-0.15, -0.1) is 18.7 Å². The molecule has 0 radical (unpaired) electrons. The third-order valence-electron chi connectivity index (χ3n) is 7.81. The Morgan fingerprint density at radius 2 is 1.46 bits per heavy atom. The van der Waals surface area contributed by atoms with Crippen LogP contribution in [0.4, 0.5) is 11.4 Å². The van der Waals surface area contributed by atoms with Crippen molar-refractivity contribution in [1.29, 1.82) is 0 Å². The van der Waals surface area contributed by atoms with Gasteiger partial charge in [0.1, 0.15) is 22.3 Å². The molecule has 1 heterocycles. The first-order valence-electron chi connectivity index (χ1n) is 15.1. The van der Waals surface area contributed by atoms with Gasteiger partial charge in [-0.25, -0.2) is 21.6 Å². The summed E-state index contributed by atoms with van der Waals surface area (Å²) in [6.45, 7) is -0.214. The number of nitrogens with one attached hydrogen (secondary N) is 2. The number of aliphatic carboxylic acids is 1. The number of benzene rings is 4. The minimum absolute atomic E-state index is 0. The normalized spacial score (nSPS) is 11.3. The predicted octanol–water partition coefficient (Wildman–Crippen LogP) is -7.14. The van der Waals surface area contributed by atoms with Crippen LogP contribution in [-0.4, -0.2) is 62.5 Å². The van der Waals surface area contributed by atoms with Gasteiger partial charge >= 0.3 is 105 Å². The summed E-state index contributed by atoms with van der Waals surface area (Å²) >= 11 is 0.